The maximum Gasteiger partial charge on any atom is 0.429 e. The predicted molar refractivity (Wildman–Crippen MR) is 132 cm³/mol. The van der Waals surface area contributed by atoms with Crippen molar-refractivity contribution in [2.24, 2.45) is 0 Å². The van der Waals surface area contributed by atoms with Crippen LogP contribution in [0.4, 0.5) is 43.9 Å². The first-order valence-corrected chi connectivity index (χ1v) is 12.0. The van der Waals surface area contributed by atoms with Gasteiger partial charge in [-0.2, -0.15) is 8.78 Å². The van der Waals surface area contributed by atoms with Crippen LogP contribution < -0.4 is 4.74 Å². The Balaban J connectivity index is 1.58. The van der Waals surface area contributed by atoms with Crippen molar-refractivity contribution in [1.29, 1.82) is 0 Å². The van der Waals surface area contributed by atoms with Crippen LogP contribution in [-0.2, 0) is 6.11 Å². The van der Waals surface area contributed by atoms with Crippen molar-refractivity contribution < 1.29 is 48.6 Å². The van der Waals surface area contributed by atoms with Crippen molar-refractivity contribution in [2.45, 2.75) is 25.9 Å². The van der Waals surface area contributed by atoms with Crippen LogP contribution in [0.1, 0.15) is 30.9 Å². The summed E-state index contributed by atoms with van der Waals surface area (Å²) < 4.78 is 146. The molecule has 4 aromatic carbocycles. The Morgan fingerprint density at radius 3 is 1.73 bits per heavy atom. The van der Waals surface area contributed by atoms with Crippen LogP contribution in [0.25, 0.3) is 28.1 Å². The average Bonchev–Trinajstić information content (AvgIpc) is 2.90. The minimum absolute atomic E-state index is 0.0584. The second-order valence-electron chi connectivity index (χ2n) is 8.88. The first kappa shape index (κ1) is 29.7. The predicted octanol–water partition coefficient (Wildman–Crippen LogP) is 10.4. The molecule has 0 amide bonds. The fourth-order valence-corrected chi connectivity index (χ4v) is 4.01. The summed E-state index contributed by atoms with van der Waals surface area (Å²) in [6.45, 7) is 1.68. The Morgan fingerprint density at radius 2 is 1.20 bits per heavy atom. The summed E-state index contributed by atoms with van der Waals surface area (Å²) in [7, 11) is 0. The largest absolute Gasteiger partial charge is 0.429 e. The molecule has 1 nitrogen and oxygen atoms in total. The van der Waals surface area contributed by atoms with Crippen molar-refractivity contribution >= 4 is 5.83 Å². The second-order valence-corrected chi connectivity index (χ2v) is 8.88. The van der Waals surface area contributed by atoms with E-state index < -0.39 is 75.1 Å². The molecule has 4 aromatic rings. The van der Waals surface area contributed by atoms with Crippen molar-refractivity contribution in [3.8, 4) is 28.0 Å². The van der Waals surface area contributed by atoms with Gasteiger partial charge in [-0.3, -0.25) is 0 Å². The molecule has 0 saturated heterocycles. The highest BCUT2D eigenvalue weighted by atomic mass is 19.3. The number of hydrogen-bond acceptors (Lipinski definition) is 1. The average molecular weight is 584 g/mol. The molecule has 214 valence electrons. The third kappa shape index (κ3) is 6.23. The highest BCUT2D eigenvalue weighted by molar-refractivity contribution is 5.69. The molecule has 0 atom stereocenters. The number of ether oxygens (including phenoxy) is 1. The maximum absolute atomic E-state index is 14.8. The third-order valence-electron chi connectivity index (χ3n) is 6.00. The lowest BCUT2D eigenvalue weighted by Crippen LogP contribution is -2.23. The molecular formula is C30H18F10O. The molecule has 0 spiro atoms. The van der Waals surface area contributed by atoms with Crippen LogP contribution >= 0.6 is 0 Å². The summed E-state index contributed by atoms with van der Waals surface area (Å²) in [5.41, 5.74) is -2.73. The van der Waals surface area contributed by atoms with Crippen LogP contribution in [0, 0.1) is 34.9 Å². The van der Waals surface area contributed by atoms with Crippen LogP contribution in [0.5, 0.6) is 5.75 Å². The Morgan fingerprint density at radius 1 is 0.659 bits per heavy atom. The summed E-state index contributed by atoms with van der Waals surface area (Å²) in [6.07, 6.45) is -4.13. The van der Waals surface area contributed by atoms with E-state index in [1.54, 1.807) is 6.92 Å². The molecule has 0 aliphatic rings. The summed E-state index contributed by atoms with van der Waals surface area (Å²) in [5, 5.41) is 0. The zero-order chi connectivity index (χ0) is 30.1. The van der Waals surface area contributed by atoms with E-state index >= 15 is 0 Å². The zero-order valence-corrected chi connectivity index (χ0v) is 21.0. The van der Waals surface area contributed by atoms with Crippen molar-refractivity contribution in [3.63, 3.8) is 0 Å². The van der Waals surface area contributed by atoms with Gasteiger partial charge in [-0.25, -0.2) is 35.1 Å². The van der Waals surface area contributed by atoms with E-state index in [1.807, 2.05) is 0 Å². The molecule has 0 saturated carbocycles. The van der Waals surface area contributed by atoms with Gasteiger partial charge in [0.1, 0.15) is 29.0 Å². The maximum atomic E-state index is 14.8. The van der Waals surface area contributed by atoms with Crippen LogP contribution in [0.15, 0.2) is 72.6 Å². The summed E-state index contributed by atoms with van der Waals surface area (Å²) in [4.78, 5) is 0. The number of hydrogen-bond donors (Lipinski definition) is 0. The highest BCUT2D eigenvalue weighted by Crippen LogP contribution is 2.38. The Labute approximate surface area is 227 Å². The SMILES string of the molecule is CCCC(F)=C(F)c1ccc(-c2ccc(C(F)(F)Oc3cc(F)c(-c4cc(F)c(F)c(F)c4)c(F)c3)c(F)c2)cc1. The van der Waals surface area contributed by atoms with E-state index in [9.17, 15) is 43.9 Å². The van der Waals surface area contributed by atoms with Crippen LogP contribution in [-0.4, -0.2) is 0 Å². The molecule has 0 radical (unpaired) electrons. The van der Waals surface area contributed by atoms with Gasteiger partial charge in [-0.1, -0.05) is 37.3 Å². The number of halogens is 10. The van der Waals surface area contributed by atoms with E-state index in [1.165, 1.54) is 24.3 Å². The van der Waals surface area contributed by atoms with Gasteiger partial charge in [0.2, 0.25) is 0 Å². The van der Waals surface area contributed by atoms with Crippen LogP contribution in [0.3, 0.4) is 0 Å². The first-order valence-electron chi connectivity index (χ1n) is 12.0. The summed E-state index contributed by atoms with van der Waals surface area (Å²) in [6, 6.07) is 8.86. The van der Waals surface area contributed by atoms with Crippen molar-refractivity contribution in [3.05, 3.63) is 119 Å². The minimum Gasteiger partial charge on any atom is -0.429 e. The van der Waals surface area contributed by atoms with Gasteiger partial charge in [0, 0.05) is 24.1 Å². The highest BCUT2D eigenvalue weighted by Gasteiger charge is 2.38. The molecule has 11 heteroatoms. The van der Waals surface area contributed by atoms with Crippen molar-refractivity contribution in [2.75, 3.05) is 0 Å². The molecular weight excluding hydrogens is 566 g/mol. The van der Waals surface area contributed by atoms with Gasteiger partial charge in [-0.15, -0.1) is 0 Å². The molecule has 0 N–H and O–H groups in total. The van der Waals surface area contributed by atoms with Gasteiger partial charge in [-0.05, 0) is 47.4 Å². The lowest BCUT2D eigenvalue weighted by Gasteiger charge is -2.20. The van der Waals surface area contributed by atoms with Gasteiger partial charge in [0.15, 0.2) is 23.3 Å². The van der Waals surface area contributed by atoms with Gasteiger partial charge < -0.3 is 4.74 Å². The van der Waals surface area contributed by atoms with Gasteiger partial charge in [0.05, 0.1) is 11.1 Å². The molecule has 41 heavy (non-hydrogen) atoms. The fraction of sp³-hybridized carbons (Fsp3) is 0.133. The Bertz CT molecular complexity index is 1580. The third-order valence-corrected chi connectivity index (χ3v) is 6.00. The number of benzene rings is 4. The van der Waals surface area contributed by atoms with E-state index in [-0.39, 0.29) is 29.7 Å². The molecule has 0 aromatic heterocycles. The normalized spacial score (nSPS) is 12.4. The van der Waals surface area contributed by atoms with Gasteiger partial charge >= 0.3 is 6.11 Å². The molecule has 0 fully saturated rings. The summed E-state index contributed by atoms with van der Waals surface area (Å²) in [5.74, 6) is -13.0. The molecule has 0 heterocycles. The van der Waals surface area contributed by atoms with E-state index in [0.29, 0.717) is 30.2 Å². The topological polar surface area (TPSA) is 9.23 Å². The zero-order valence-electron chi connectivity index (χ0n) is 21.0. The van der Waals surface area contributed by atoms with E-state index in [4.69, 9.17) is 0 Å². The van der Waals surface area contributed by atoms with Crippen molar-refractivity contribution in [1.82, 2.24) is 0 Å². The number of alkyl halides is 2. The summed E-state index contributed by atoms with van der Waals surface area (Å²) >= 11 is 0. The van der Waals surface area contributed by atoms with E-state index in [2.05, 4.69) is 4.74 Å². The Kier molecular flexibility index (Phi) is 8.46. The number of allylic oxidation sites excluding steroid dienone is 1. The second kappa shape index (κ2) is 11.7. The lowest BCUT2D eigenvalue weighted by molar-refractivity contribution is -0.187. The lowest BCUT2D eigenvalue weighted by atomic mass is 10.0. The first-order chi connectivity index (χ1) is 19.3. The minimum atomic E-state index is -4.44. The van der Waals surface area contributed by atoms with E-state index in [0.717, 1.165) is 12.1 Å². The molecule has 0 unspecified atom stereocenters. The fourth-order valence-electron chi connectivity index (χ4n) is 4.01. The quantitative estimate of drug-likeness (QED) is 0.148. The molecule has 0 bridgehead atoms. The monoisotopic (exact) mass is 584 g/mol. The molecule has 0 aliphatic heterocycles. The van der Waals surface area contributed by atoms with Gasteiger partial charge in [0.25, 0.3) is 0 Å². The molecule has 4 rings (SSSR count). The standard InChI is InChI=1S/C30H18F10O/c1-2-3-21(31)28(37)16-6-4-15(5-7-16)17-8-9-20(22(32)10-17)30(39,40)41-19-13-23(33)27(24(34)14-19)18-11-25(35)29(38)26(36)12-18/h4-14H,2-3H2,1H3. The smallest absolute Gasteiger partial charge is 0.429 e. The Hall–Kier alpha value is -4.28. The number of rotatable bonds is 8. The molecule has 0 aliphatic carbocycles. The van der Waals surface area contributed by atoms with Crippen LogP contribution in [0.2, 0.25) is 0 Å².